The van der Waals surface area contributed by atoms with Crippen LogP contribution in [-0.4, -0.2) is 22.6 Å². The van der Waals surface area contributed by atoms with E-state index in [0.717, 1.165) is 6.07 Å². The Balaban J connectivity index is 2.60. The number of aromatic nitrogens is 1. The summed E-state index contributed by atoms with van der Waals surface area (Å²) in [5.41, 5.74) is -0.927. The number of halogens is 4. The molecule has 2 N–H and O–H groups in total. The Hall–Kier alpha value is -1.50. The van der Waals surface area contributed by atoms with Crippen LogP contribution in [0.15, 0.2) is 12.3 Å². The van der Waals surface area contributed by atoms with Crippen LogP contribution in [0.4, 0.5) is 19.0 Å². The summed E-state index contributed by atoms with van der Waals surface area (Å²) in [4.78, 5) is 13.8. The van der Waals surface area contributed by atoms with Crippen molar-refractivity contribution in [2.45, 2.75) is 19.0 Å². The van der Waals surface area contributed by atoms with Crippen molar-refractivity contribution in [3.63, 3.8) is 0 Å². The molecular weight excluding hydrogens is 273 g/mol. The Morgan fingerprint density at radius 3 is 2.67 bits per heavy atom. The van der Waals surface area contributed by atoms with Crippen LogP contribution >= 0.6 is 11.6 Å². The van der Waals surface area contributed by atoms with Gasteiger partial charge in [0.2, 0.25) is 0 Å². The molecule has 1 aromatic rings. The minimum absolute atomic E-state index is 0.0365. The van der Waals surface area contributed by atoms with Crippen molar-refractivity contribution in [2.75, 3.05) is 11.9 Å². The third kappa shape index (κ3) is 4.40. The van der Waals surface area contributed by atoms with Crippen LogP contribution in [0.1, 0.15) is 18.4 Å². The lowest BCUT2D eigenvalue weighted by Gasteiger charge is -2.10. The fourth-order valence-electron chi connectivity index (χ4n) is 1.17. The summed E-state index contributed by atoms with van der Waals surface area (Å²) in [6.45, 7) is 0.268. The molecule has 4 nitrogen and oxygen atoms in total. The molecule has 100 valence electrons. The highest BCUT2D eigenvalue weighted by molar-refractivity contribution is 6.32. The number of hydrogen-bond donors (Lipinski definition) is 2. The second-order valence-corrected chi connectivity index (χ2v) is 3.88. The van der Waals surface area contributed by atoms with Crippen LogP contribution in [-0.2, 0) is 11.0 Å². The number of alkyl halides is 3. The zero-order valence-corrected chi connectivity index (χ0v) is 9.85. The number of pyridine rings is 1. The van der Waals surface area contributed by atoms with Gasteiger partial charge in [0.05, 0.1) is 10.6 Å². The van der Waals surface area contributed by atoms with Crippen LogP contribution in [0.3, 0.4) is 0 Å². The first-order chi connectivity index (χ1) is 8.30. The minimum atomic E-state index is -4.49. The maximum atomic E-state index is 12.3. The van der Waals surface area contributed by atoms with Crippen molar-refractivity contribution < 1.29 is 23.1 Å². The van der Waals surface area contributed by atoms with Gasteiger partial charge in [-0.15, -0.1) is 0 Å². The number of carbonyl (C=O) groups is 1. The van der Waals surface area contributed by atoms with E-state index in [0.29, 0.717) is 12.6 Å². The van der Waals surface area contributed by atoms with E-state index in [-0.39, 0.29) is 23.8 Å². The molecule has 0 spiro atoms. The molecule has 0 aliphatic carbocycles. The maximum absolute atomic E-state index is 12.3. The summed E-state index contributed by atoms with van der Waals surface area (Å²) in [5, 5.41) is 10.9. The van der Waals surface area contributed by atoms with Gasteiger partial charge in [0.15, 0.2) is 0 Å². The van der Waals surface area contributed by atoms with Gasteiger partial charge in [0, 0.05) is 19.2 Å². The number of nitrogens with zero attached hydrogens (tertiary/aromatic N) is 1. The Kier molecular flexibility index (Phi) is 4.77. The molecule has 1 heterocycles. The first kappa shape index (κ1) is 14.6. The molecule has 18 heavy (non-hydrogen) atoms. The van der Waals surface area contributed by atoms with Crippen molar-refractivity contribution >= 4 is 23.4 Å². The molecule has 0 aromatic carbocycles. The van der Waals surface area contributed by atoms with Crippen molar-refractivity contribution in [2.24, 2.45) is 0 Å². The third-order valence-corrected chi connectivity index (χ3v) is 2.32. The number of nitrogens with one attached hydrogen (secondary N) is 1. The standard InChI is InChI=1S/C10H10ClF3N2O2/c11-7-4-6(10(12,13)14)5-16-9(7)15-3-1-2-8(17)18/h4-5H,1-3H2,(H,15,16)(H,17,18). The summed E-state index contributed by atoms with van der Waals surface area (Å²) >= 11 is 5.64. The average Bonchev–Trinajstić information content (AvgIpc) is 2.24. The van der Waals surface area contributed by atoms with Crippen molar-refractivity contribution in [3.05, 3.63) is 22.8 Å². The van der Waals surface area contributed by atoms with Gasteiger partial charge in [0.1, 0.15) is 5.82 Å². The maximum Gasteiger partial charge on any atom is 0.417 e. The van der Waals surface area contributed by atoms with Gasteiger partial charge >= 0.3 is 12.1 Å². The Labute approximate surface area is 106 Å². The molecule has 0 unspecified atom stereocenters. The second kappa shape index (κ2) is 5.90. The summed E-state index contributed by atoms with van der Waals surface area (Å²) in [6.07, 6.45) is -3.52. The van der Waals surface area contributed by atoms with Crippen molar-refractivity contribution in [1.82, 2.24) is 4.98 Å². The highest BCUT2D eigenvalue weighted by Crippen LogP contribution is 2.32. The fourth-order valence-corrected chi connectivity index (χ4v) is 1.40. The van der Waals surface area contributed by atoms with E-state index >= 15 is 0 Å². The van der Waals surface area contributed by atoms with E-state index < -0.39 is 17.7 Å². The Bertz CT molecular complexity index is 438. The topological polar surface area (TPSA) is 62.2 Å². The Morgan fingerprint density at radius 1 is 1.50 bits per heavy atom. The summed E-state index contributed by atoms with van der Waals surface area (Å²) in [5.74, 6) is -0.835. The zero-order chi connectivity index (χ0) is 13.8. The smallest absolute Gasteiger partial charge is 0.417 e. The number of hydrogen-bond acceptors (Lipinski definition) is 3. The highest BCUT2D eigenvalue weighted by Gasteiger charge is 2.31. The average molecular weight is 283 g/mol. The summed E-state index contributed by atoms with van der Waals surface area (Å²) in [6, 6.07) is 0.772. The number of carboxylic acid groups (broad SMARTS) is 1. The van der Waals surface area contributed by atoms with Crippen LogP contribution in [0.5, 0.6) is 0 Å². The summed E-state index contributed by atoms with van der Waals surface area (Å²) < 4.78 is 36.9. The third-order valence-electron chi connectivity index (χ3n) is 2.03. The van der Waals surface area contributed by atoms with Gasteiger partial charge in [-0.25, -0.2) is 4.98 Å². The predicted molar refractivity (Wildman–Crippen MR) is 59.6 cm³/mol. The molecular formula is C10H10ClF3N2O2. The van der Waals surface area contributed by atoms with E-state index in [1.165, 1.54) is 0 Å². The van der Waals surface area contributed by atoms with Gasteiger partial charge in [-0.05, 0) is 12.5 Å². The van der Waals surface area contributed by atoms with Crippen LogP contribution in [0.2, 0.25) is 5.02 Å². The number of anilines is 1. The monoisotopic (exact) mass is 282 g/mol. The van der Waals surface area contributed by atoms with Gasteiger partial charge in [-0.2, -0.15) is 13.2 Å². The first-order valence-electron chi connectivity index (χ1n) is 4.99. The van der Waals surface area contributed by atoms with Crippen LogP contribution in [0, 0.1) is 0 Å². The SMILES string of the molecule is O=C(O)CCCNc1ncc(C(F)(F)F)cc1Cl. The lowest BCUT2D eigenvalue weighted by atomic mass is 10.2. The molecule has 0 bridgehead atoms. The molecule has 0 fully saturated rings. The zero-order valence-electron chi connectivity index (χ0n) is 9.09. The molecule has 1 aromatic heterocycles. The van der Waals surface area contributed by atoms with E-state index in [1.54, 1.807) is 0 Å². The summed E-state index contributed by atoms with van der Waals surface area (Å²) in [7, 11) is 0. The first-order valence-corrected chi connectivity index (χ1v) is 5.37. The molecule has 0 radical (unpaired) electrons. The Morgan fingerprint density at radius 2 is 2.17 bits per heavy atom. The van der Waals surface area contributed by atoms with E-state index in [4.69, 9.17) is 16.7 Å². The number of carboxylic acids is 1. The van der Waals surface area contributed by atoms with Gasteiger partial charge < -0.3 is 10.4 Å². The van der Waals surface area contributed by atoms with Gasteiger partial charge in [-0.1, -0.05) is 11.6 Å². The van der Waals surface area contributed by atoms with Crippen molar-refractivity contribution in [1.29, 1.82) is 0 Å². The lowest BCUT2D eigenvalue weighted by Crippen LogP contribution is -2.09. The minimum Gasteiger partial charge on any atom is -0.481 e. The lowest BCUT2D eigenvalue weighted by molar-refractivity contribution is -0.138. The molecule has 0 amide bonds. The normalized spacial score (nSPS) is 11.3. The molecule has 0 atom stereocenters. The van der Waals surface area contributed by atoms with Gasteiger partial charge in [-0.3, -0.25) is 4.79 Å². The molecule has 1 rings (SSSR count). The molecule has 8 heteroatoms. The molecule has 0 saturated carbocycles. The van der Waals surface area contributed by atoms with E-state index in [9.17, 15) is 18.0 Å². The fraction of sp³-hybridized carbons (Fsp3) is 0.400. The largest absolute Gasteiger partial charge is 0.481 e. The number of aliphatic carboxylic acids is 1. The number of rotatable bonds is 5. The molecule has 0 saturated heterocycles. The highest BCUT2D eigenvalue weighted by atomic mass is 35.5. The van der Waals surface area contributed by atoms with E-state index in [1.807, 2.05) is 0 Å². The van der Waals surface area contributed by atoms with E-state index in [2.05, 4.69) is 10.3 Å². The predicted octanol–water partition coefficient (Wildman–Crippen LogP) is 3.03. The quantitative estimate of drug-likeness (QED) is 0.815. The van der Waals surface area contributed by atoms with Crippen molar-refractivity contribution in [3.8, 4) is 0 Å². The van der Waals surface area contributed by atoms with Gasteiger partial charge in [0.25, 0.3) is 0 Å². The second-order valence-electron chi connectivity index (χ2n) is 3.48. The van der Waals surface area contributed by atoms with Crippen LogP contribution < -0.4 is 5.32 Å². The molecule has 0 aliphatic rings. The molecule has 0 aliphatic heterocycles. The van der Waals surface area contributed by atoms with Crippen LogP contribution in [0.25, 0.3) is 0 Å².